The molecule has 0 aromatic rings. The summed E-state index contributed by atoms with van der Waals surface area (Å²) in [6.07, 6.45) is 5.30. The van der Waals surface area contributed by atoms with Crippen LogP contribution in [0.2, 0.25) is 6.04 Å². The summed E-state index contributed by atoms with van der Waals surface area (Å²) in [4.78, 5) is 0. The summed E-state index contributed by atoms with van der Waals surface area (Å²) in [7, 11) is 0.644. The summed E-state index contributed by atoms with van der Waals surface area (Å²) in [5.41, 5.74) is 0. The van der Waals surface area contributed by atoms with Crippen LogP contribution < -0.4 is 0 Å². The summed E-state index contributed by atoms with van der Waals surface area (Å²) in [6.45, 7) is 7.76. The van der Waals surface area contributed by atoms with E-state index in [0.717, 1.165) is 13.2 Å². The molecule has 0 N–H and O–H groups in total. The monoisotopic (exact) mass is 246 g/mol. The molecule has 4 heteroatoms. The van der Waals surface area contributed by atoms with Crippen LogP contribution in [0.5, 0.6) is 0 Å². The van der Waals surface area contributed by atoms with Gasteiger partial charge >= 0.3 is 0 Å². The van der Waals surface area contributed by atoms with Gasteiger partial charge in [0, 0.05) is 6.61 Å². The molecule has 96 valence electrons. The molecule has 0 aromatic carbocycles. The van der Waals surface area contributed by atoms with Gasteiger partial charge in [-0.3, -0.25) is 0 Å². The van der Waals surface area contributed by atoms with E-state index in [1.165, 1.54) is 31.7 Å². The van der Waals surface area contributed by atoms with E-state index in [1.807, 2.05) is 6.92 Å². The minimum atomic E-state index is 0.644. The van der Waals surface area contributed by atoms with Crippen LogP contribution >= 0.6 is 0 Å². The lowest BCUT2D eigenvalue weighted by Crippen LogP contribution is -2.10. The molecule has 0 unspecified atom stereocenters. The Morgan fingerprint density at radius 3 is 2.31 bits per heavy atom. The largest absolute Gasteiger partial charge is 0.415 e. The van der Waals surface area contributed by atoms with Gasteiger partial charge in [0.25, 0.3) is 0 Å². The molecular weight excluding hydrogens is 220 g/mol. The van der Waals surface area contributed by atoms with Crippen molar-refractivity contribution in [3.05, 3.63) is 0 Å². The smallest absolute Gasteiger partial charge is 0.229 e. The molecule has 0 aliphatic rings. The van der Waals surface area contributed by atoms with E-state index in [2.05, 4.69) is 6.92 Å². The fraction of sp³-hybridized carbons (Fsp3) is 1.00. The molecule has 2 radical (unpaired) electrons. The minimum absolute atomic E-state index is 0.644. The Balaban J connectivity index is 2.83. The minimum Gasteiger partial charge on any atom is -0.415 e. The highest BCUT2D eigenvalue weighted by Crippen LogP contribution is 2.02. The van der Waals surface area contributed by atoms with Crippen molar-refractivity contribution >= 4 is 9.76 Å². The van der Waals surface area contributed by atoms with Crippen LogP contribution in [0.15, 0.2) is 0 Å². The lowest BCUT2D eigenvalue weighted by Gasteiger charge is -2.05. The van der Waals surface area contributed by atoms with E-state index in [-0.39, 0.29) is 0 Å². The zero-order valence-electron chi connectivity index (χ0n) is 10.8. The Bertz CT molecular complexity index is 109. The van der Waals surface area contributed by atoms with Crippen LogP contribution in [0.1, 0.15) is 39.5 Å². The highest BCUT2D eigenvalue weighted by atomic mass is 28.2. The van der Waals surface area contributed by atoms with E-state index in [9.17, 15) is 0 Å². The van der Waals surface area contributed by atoms with Crippen LogP contribution in [0.3, 0.4) is 0 Å². The molecule has 0 aliphatic heterocycles. The quantitative estimate of drug-likeness (QED) is 0.369. The van der Waals surface area contributed by atoms with Gasteiger partial charge in [0.1, 0.15) is 0 Å². The van der Waals surface area contributed by atoms with Gasteiger partial charge in [0.05, 0.1) is 26.4 Å². The Kier molecular flexibility index (Phi) is 15.2. The molecule has 16 heavy (non-hydrogen) atoms. The van der Waals surface area contributed by atoms with Crippen LogP contribution in [-0.4, -0.2) is 42.8 Å². The lowest BCUT2D eigenvalue weighted by molar-refractivity contribution is 0.0408. The van der Waals surface area contributed by atoms with Crippen LogP contribution in [0.4, 0.5) is 0 Å². The second kappa shape index (κ2) is 15.1. The summed E-state index contributed by atoms with van der Waals surface area (Å²) < 4.78 is 16.0. The highest BCUT2D eigenvalue weighted by Gasteiger charge is 1.93. The fourth-order valence-electron chi connectivity index (χ4n) is 1.23. The highest BCUT2D eigenvalue weighted by molar-refractivity contribution is 6.26. The van der Waals surface area contributed by atoms with Crippen molar-refractivity contribution in [3.63, 3.8) is 0 Å². The molecule has 0 rings (SSSR count). The van der Waals surface area contributed by atoms with Crippen molar-refractivity contribution in [2.24, 2.45) is 0 Å². The number of hydrogen-bond acceptors (Lipinski definition) is 3. The van der Waals surface area contributed by atoms with Crippen molar-refractivity contribution in [1.29, 1.82) is 0 Å². The zero-order valence-corrected chi connectivity index (χ0v) is 11.8. The van der Waals surface area contributed by atoms with Gasteiger partial charge in [-0.2, -0.15) is 0 Å². The third-order valence-electron chi connectivity index (χ3n) is 2.14. The molecule has 0 saturated carbocycles. The SMILES string of the molecule is CCCCCC[Si]OCCOCCOCC. The third kappa shape index (κ3) is 14.1. The van der Waals surface area contributed by atoms with E-state index < -0.39 is 0 Å². The molecule has 0 saturated heterocycles. The maximum Gasteiger partial charge on any atom is 0.229 e. The van der Waals surface area contributed by atoms with E-state index in [0.29, 0.717) is 29.6 Å². The van der Waals surface area contributed by atoms with Gasteiger partial charge < -0.3 is 13.9 Å². The molecule has 0 fully saturated rings. The third-order valence-corrected chi connectivity index (χ3v) is 3.11. The average molecular weight is 246 g/mol. The predicted molar refractivity (Wildman–Crippen MR) is 68.0 cm³/mol. The Morgan fingerprint density at radius 1 is 0.812 bits per heavy atom. The van der Waals surface area contributed by atoms with Crippen molar-refractivity contribution < 1.29 is 13.9 Å². The van der Waals surface area contributed by atoms with Gasteiger partial charge in [-0.15, -0.1) is 0 Å². The number of rotatable bonds is 13. The molecule has 0 aromatic heterocycles. The van der Waals surface area contributed by atoms with E-state index in [1.54, 1.807) is 0 Å². The van der Waals surface area contributed by atoms with Gasteiger partial charge in [0.2, 0.25) is 9.76 Å². The second-order valence-electron chi connectivity index (χ2n) is 3.61. The molecule has 0 atom stereocenters. The van der Waals surface area contributed by atoms with Crippen LogP contribution in [0, 0.1) is 0 Å². The summed E-state index contributed by atoms with van der Waals surface area (Å²) in [5.74, 6) is 0. The van der Waals surface area contributed by atoms with E-state index in [4.69, 9.17) is 13.9 Å². The normalized spacial score (nSPS) is 10.9. The second-order valence-corrected chi connectivity index (χ2v) is 4.69. The number of hydrogen-bond donors (Lipinski definition) is 0. The molecule has 3 nitrogen and oxygen atoms in total. The lowest BCUT2D eigenvalue weighted by atomic mass is 10.2. The Morgan fingerprint density at radius 2 is 1.56 bits per heavy atom. The first-order chi connectivity index (χ1) is 7.91. The topological polar surface area (TPSA) is 27.7 Å². The molecule has 0 aliphatic carbocycles. The first kappa shape index (κ1) is 16.1. The molecule has 0 spiro atoms. The van der Waals surface area contributed by atoms with Crippen molar-refractivity contribution in [2.45, 2.75) is 45.6 Å². The maximum absolute atomic E-state index is 5.48. The van der Waals surface area contributed by atoms with Gasteiger partial charge in [-0.25, -0.2) is 0 Å². The fourth-order valence-corrected chi connectivity index (χ4v) is 2.00. The van der Waals surface area contributed by atoms with Crippen LogP contribution in [0.25, 0.3) is 0 Å². The van der Waals surface area contributed by atoms with Gasteiger partial charge in [0.15, 0.2) is 0 Å². The number of ether oxygens (including phenoxy) is 2. The zero-order chi connectivity index (χ0) is 11.9. The maximum atomic E-state index is 5.48. The summed E-state index contributed by atoms with van der Waals surface area (Å²) >= 11 is 0. The van der Waals surface area contributed by atoms with Gasteiger partial charge in [-0.1, -0.05) is 32.6 Å². The van der Waals surface area contributed by atoms with Crippen molar-refractivity contribution in [3.8, 4) is 0 Å². The number of unbranched alkanes of at least 4 members (excludes halogenated alkanes) is 3. The molecule has 0 amide bonds. The van der Waals surface area contributed by atoms with E-state index >= 15 is 0 Å². The van der Waals surface area contributed by atoms with Crippen molar-refractivity contribution in [1.82, 2.24) is 0 Å². The van der Waals surface area contributed by atoms with Crippen molar-refractivity contribution in [2.75, 3.05) is 33.0 Å². The van der Waals surface area contributed by atoms with Crippen LogP contribution in [-0.2, 0) is 13.9 Å². The Labute approximate surface area is 103 Å². The summed E-state index contributed by atoms with van der Waals surface area (Å²) in [5, 5.41) is 0. The predicted octanol–water partition coefficient (Wildman–Crippen LogP) is 2.67. The van der Waals surface area contributed by atoms with Gasteiger partial charge in [-0.05, 0) is 13.0 Å². The first-order valence-corrected chi connectivity index (χ1v) is 7.53. The molecule has 0 bridgehead atoms. The molecule has 0 heterocycles. The first-order valence-electron chi connectivity index (χ1n) is 6.42. The molecular formula is C12H26O3Si. The summed E-state index contributed by atoms with van der Waals surface area (Å²) in [6, 6.07) is 1.21. The Hall–Kier alpha value is 0.0969. The average Bonchev–Trinajstić information content (AvgIpc) is 2.31. The standard InChI is InChI=1S/C12H26O3Si/c1-3-5-6-7-12-16-15-11-10-14-9-8-13-4-2/h3-12H2,1-2H3.